The fourth-order valence-electron chi connectivity index (χ4n) is 1.65. The zero-order valence-electron chi connectivity index (χ0n) is 10.7. The summed E-state index contributed by atoms with van der Waals surface area (Å²) >= 11 is 0. The average molecular weight is 239 g/mol. The monoisotopic (exact) mass is 239 g/mol. The molecule has 1 atom stereocenters. The Labute approximate surface area is 101 Å². The molecule has 0 aliphatic rings. The van der Waals surface area contributed by atoms with Gasteiger partial charge < -0.3 is 11.5 Å². The molecule has 0 spiro atoms. The van der Waals surface area contributed by atoms with E-state index in [1.807, 2.05) is 18.5 Å². The van der Waals surface area contributed by atoms with Crippen LogP contribution in [-0.2, 0) is 11.3 Å². The van der Waals surface area contributed by atoms with Crippen LogP contribution in [0.4, 0.5) is 0 Å². The van der Waals surface area contributed by atoms with Crippen molar-refractivity contribution in [2.45, 2.75) is 52.1 Å². The molecule has 1 rings (SSSR count). The van der Waals surface area contributed by atoms with Gasteiger partial charge in [-0.15, -0.1) is 0 Å². The molecular formula is C11H21N5O. The maximum Gasteiger partial charge on any atom is 0.237 e. The zero-order valence-corrected chi connectivity index (χ0v) is 10.7. The van der Waals surface area contributed by atoms with Crippen LogP contribution in [0, 0.1) is 13.8 Å². The number of carbonyl (C=O) groups excluding carboxylic acids is 1. The first-order chi connectivity index (χ1) is 7.83. The number of amides is 1. The van der Waals surface area contributed by atoms with E-state index in [0.717, 1.165) is 31.0 Å². The Morgan fingerprint density at radius 2 is 2.06 bits per heavy atom. The summed E-state index contributed by atoms with van der Waals surface area (Å²) in [4.78, 5) is 15.2. The van der Waals surface area contributed by atoms with E-state index in [4.69, 9.17) is 11.5 Å². The second-order valence-electron chi connectivity index (χ2n) is 4.67. The van der Waals surface area contributed by atoms with Gasteiger partial charge in [0.15, 0.2) is 0 Å². The van der Waals surface area contributed by atoms with Gasteiger partial charge in [-0.1, -0.05) is 0 Å². The molecule has 0 aromatic carbocycles. The minimum Gasteiger partial charge on any atom is -0.368 e. The van der Waals surface area contributed by atoms with Gasteiger partial charge in [0.1, 0.15) is 11.6 Å². The third kappa shape index (κ3) is 3.81. The molecule has 96 valence electrons. The molecule has 4 N–H and O–H groups in total. The van der Waals surface area contributed by atoms with Crippen molar-refractivity contribution in [1.29, 1.82) is 0 Å². The zero-order chi connectivity index (χ0) is 13.1. The van der Waals surface area contributed by atoms with Crippen LogP contribution in [0.1, 0.15) is 37.8 Å². The maximum atomic E-state index is 11.0. The van der Waals surface area contributed by atoms with Crippen molar-refractivity contribution >= 4 is 5.91 Å². The molecule has 0 fully saturated rings. The van der Waals surface area contributed by atoms with E-state index in [2.05, 4.69) is 10.1 Å². The van der Waals surface area contributed by atoms with E-state index < -0.39 is 11.4 Å². The lowest BCUT2D eigenvalue weighted by molar-refractivity contribution is -0.122. The summed E-state index contributed by atoms with van der Waals surface area (Å²) in [6, 6.07) is 0. The fraction of sp³-hybridized carbons (Fsp3) is 0.727. The molecule has 0 radical (unpaired) electrons. The smallest absolute Gasteiger partial charge is 0.237 e. The molecule has 1 unspecified atom stereocenters. The first-order valence-electron chi connectivity index (χ1n) is 5.80. The number of hydrogen-bond acceptors (Lipinski definition) is 4. The molecule has 0 aliphatic heterocycles. The van der Waals surface area contributed by atoms with Crippen molar-refractivity contribution in [2.24, 2.45) is 11.5 Å². The van der Waals surface area contributed by atoms with E-state index in [1.54, 1.807) is 6.92 Å². The number of nitrogens with two attached hydrogens (primary N) is 2. The van der Waals surface area contributed by atoms with E-state index in [9.17, 15) is 4.79 Å². The normalized spacial score (nSPS) is 14.6. The van der Waals surface area contributed by atoms with Gasteiger partial charge in [0.05, 0.1) is 5.54 Å². The topological polar surface area (TPSA) is 99.8 Å². The van der Waals surface area contributed by atoms with Gasteiger partial charge in [0, 0.05) is 6.54 Å². The molecule has 6 nitrogen and oxygen atoms in total. The quantitative estimate of drug-likeness (QED) is 0.696. The van der Waals surface area contributed by atoms with Crippen LogP contribution in [0.3, 0.4) is 0 Å². The number of nitrogens with zero attached hydrogens (tertiary/aromatic N) is 3. The van der Waals surface area contributed by atoms with Crippen molar-refractivity contribution in [1.82, 2.24) is 14.8 Å². The highest BCUT2D eigenvalue weighted by Gasteiger charge is 2.24. The summed E-state index contributed by atoms with van der Waals surface area (Å²) in [5.74, 6) is 1.24. The van der Waals surface area contributed by atoms with Crippen LogP contribution in [0.25, 0.3) is 0 Å². The number of rotatable bonds is 6. The molecule has 0 aliphatic carbocycles. The number of aromatic nitrogens is 3. The van der Waals surface area contributed by atoms with Gasteiger partial charge in [-0.2, -0.15) is 5.10 Å². The number of unbranched alkanes of at least 4 members (excludes halogenated alkanes) is 1. The summed E-state index contributed by atoms with van der Waals surface area (Å²) in [7, 11) is 0. The first kappa shape index (κ1) is 13.6. The van der Waals surface area contributed by atoms with Crippen molar-refractivity contribution < 1.29 is 4.79 Å². The van der Waals surface area contributed by atoms with Gasteiger partial charge in [-0.3, -0.25) is 9.48 Å². The van der Waals surface area contributed by atoms with Gasteiger partial charge in [0.2, 0.25) is 5.91 Å². The Kier molecular flexibility index (Phi) is 4.22. The van der Waals surface area contributed by atoms with Gasteiger partial charge in [-0.25, -0.2) is 4.98 Å². The first-order valence-corrected chi connectivity index (χ1v) is 5.80. The predicted octanol–water partition coefficient (Wildman–Crippen LogP) is 0.268. The van der Waals surface area contributed by atoms with Crippen LogP contribution < -0.4 is 11.5 Å². The third-order valence-electron chi connectivity index (χ3n) is 2.84. The second kappa shape index (κ2) is 5.27. The molecule has 17 heavy (non-hydrogen) atoms. The molecule has 1 amide bonds. The number of primary amides is 1. The van der Waals surface area contributed by atoms with E-state index >= 15 is 0 Å². The van der Waals surface area contributed by atoms with E-state index in [-0.39, 0.29) is 0 Å². The molecular weight excluding hydrogens is 218 g/mol. The molecule has 1 aromatic rings. The lowest BCUT2D eigenvalue weighted by Gasteiger charge is -2.19. The summed E-state index contributed by atoms with van der Waals surface area (Å²) in [5, 5.41) is 4.26. The number of hydrogen-bond donors (Lipinski definition) is 2. The largest absolute Gasteiger partial charge is 0.368 e. The summed E-state index contributed by atoms with van der Waals surface area (Å²) in [5.41, 5.74) is 10.1. The lowest BCUT2D eigenvalue weighted by Crippen LogP contribution is -2.49. The minimum atomic E-state index is -0.909. The third-order valence-corrected chi connectivity index (χ3v) is 2.84. The molecule has 1 heterocycles. The summed E-state index contributed by atoms with van der Waals surface area (Å²) in [6.45, 7) is 6.26. The Bertz CT molecular complexity index is 397. The molecule has 1 aromatic heterocycles. The van der Waals surface area contributed by atoms with Crippen LogP contribution in [0.5, 0.6) is 0 Å². The van der Waals surface area contributed by atoms with Gasteiger partial charge in [-0.05, 0) is 40.0 Å². The van der Waals surface area contributed by atoms with Crippen molar-refractivity contribution in [3.05, 3.63) is 11.6 Å². The Morgan fingerprint density at radius 3 is 2.53 bits per heavy atom. The van der Waals surface area contributed by atoms with Crippen molar-refractivity contribution in [3.8, 4) is 0 Å². The highest BCUT2D eigenvalue weighted by molar-refractivity contribution is 5.83. The van der Waals surface area contributed by atoms with Crippen molar-refractivity contribution in [2.75, 3.05) is 0 Å². The molecule has 0 saturated carbocycles. The second-order valence-corrected chi connectivity index (χ2v) is 4.67. The molecule has 0 bridgehead atoms. The predicted molar refractivity (Wildman–Crippen MR) is 65.1 cm³/mol. The van der Waals surface area contributed by atoms with E-state index in [0.29, 0.717) is 6.42 Å². The molecule has 0 saturated heterocycles. The van der Waals surface area contributed by atoms with Crippen LogP contribution in [0.2, 0.25) is 0 Å². The number of carbonyl (C=O) groups is 1. The van der Waals surface area contributed by atoms with Crippen LogP contribution in [-0.4, -0.2) is 26.2 Å². The minimum absolute atomic E-state index is 0.453. The number of aryl methyl sites for hydroxylation is 3. The SMILES string of the molecule is Cc1nc(C)n(CCCCC(C)(N)C(N)=O)n1. The Morgan fingerprint density at radius 1 is 1.41 bits per heavy atom. The lowest BCUT2D eigenvalue weighted by atomic mass is 9.95. The Hall–Kier alpha value is -1.43. The maximum absolute atomic E-state index is 11.0. The van der Waals surface area contributed by atoms with Gasteiger partial charge >= 0.3 is 0 Å². The van der Waals surface area contributed by atoms with Crippen LogP contribution in [0.15, 0.2) is 0 Å². The van der Waals surface area contributed by atoms with Crippen LogP contribution >= 0.6 is 0 Å². The van der Waals surface area contributed by atoms with E-state index in [1.165, 1.54) is 0 Å². The fourth-order valence-corrected chi connectivity index (χ4v) is 1.65. The average Bonchev–Trinajstić information content (AvgIpc) is 2.52. The highest BCUT2D eigenvalue weighted by Crippen LogP contribution is 2.11. The van der Waals surface area contributed by atoms with Gasteiger partial charge in [0.25, 0.3) is 0 Å². The highest BCUT2D eigenvalue weighted by atomic mass is 16.1. The summed E-state index contributed by atoms with van der Waals surface area (Å²) < 4.78 is 1.87. The Balaban J connectivity index is 2.34. The van der Waals surface area contributed by atoms with Crippen molar-refractivity contribution in [3.63, 3.8) is 0 Å². The summed E-state index contributed by atoms with van der Waals surface area (Å²) in [6.07, 6.45) is 2.34. The standard InChI is InChI=1S/C11H21N5O/c1-8-14-9(2)16(15-8)7-5-4-6-11(3,13)10(12)17/h4-7,13H2,1-3H3,(H2,12,17). The molecule has 6 heteroatoms.